The van der Waals surface area contributed by atoms with E-state index in [4.69, 9.17) is 29.0 Å². The van der Waals surface area contributed by atoms with Crippen molar-refractivity contribution in [2.24, 2.45) is 5.84 Å². The zero-order valence-corrected chi connectivity index (χ0v) is 19.6. The highest BCUT2D eigenvalue weighted by molar-refractivity contribution is 9.10. The summed E-state index contributed by atoms with van der Waals surface area (Å²) in [5.74, 6) is 4.03. The van der Waals surface area contributed by atoms with Gasteiger partial charge in [0.2, 0.25) is 0 Å². The summed E-state index contributed by atoms with van der Waals surface area (Å²) in [6.45, 7) is 0. The Morgan fingerprint density at radius 1 is 0.857 bits per heavy atom. The highest BCUT2D eigenvalue weighted by Crippen LogP contribution is 2.48. The number of nitrogens with two attached hydrogens (primary N) is 1. The van der Waals surface area contributed by atoms with Gasteiger partial charge in [0.25, 0.3) is 5.91 Å². The maximum Gasteiger partial charge on any atom is 0.434 e. The van der Waals surface area contributed by atoms with Crippen LogP contribution in [0.4, 0.5) is 45.2 Å². The van der Waals surface area contributed by atoms with E-state index in [1.54, 1.807) is 0 Å². The third-order valence-corrected chi connectivity index (χ3v) is 6.24. The molecule has 0 saturated heterocycles. The fourth-order valence-corrected chi connectivity index (χ4v) is 4.38. The Bertz CT molecular complexity index is 1190. The lowest BCUT2D eigenvalue weighted by Crippen LogP contribution is -2.55. The van der Waals surface area contributed by atoms with E-state index in [-0.39, 0.29) is 27.9 Å². The Balaban J connectivity index is 2.42. The van der Waals surface area contributed by atoms with Crippen LogP contribution in [0, 0.1) is 0 Å². The third-order valence-electron chi connectivity index (χ3n) is 4.77. The number of amides is 1. The second kappa shape index (κ2) is 9.05. The van der Waals surface area contributed by atoms with Crippen LogP contribution in [0.3, 0.4) is 0 Å². The van der Waals surface area contributed by atoms with Crippen molar-refractivity contribution in [2.75, 3.05) is 4.90 Å². The average Bonchev–Trinajstić information content (AvgIpc) is 2.69. The minimum atomic E-state index is -5.40. The molecule has 0 aromatic heterocycles. The van der Waals surface area contributed by atoms with Crippen LogP contribution in [-0.2, 0) is 17.1 Å². The second-order valence-corrected chi connectivity index (χ2v) is 8.62. The quantitative estimate of drug-likeness (QED) is 0.283. The molecular formula is C19H9BrCl2F9N3O. The van der Waals surface area contributed by atoms with Gasteiger partial charge < -0.3 is 0 Å². The molecule has 1 atom stereocenters. The smallest absolute Gasteiger partial charge is 0.281 e. The summed E-state index contributed by atoms with van der Waals surface area (Å²) in [7, 11) is 0. The van der Waals surface area contributed by atoms with Crippen LogP contribution < -0.4 is 10.7 Å². The Morgan fingerprint density at radius 2 is 1.40 bits per heavy atom. The monoisotopic (exact) mass is 615 g/mol. The van der Waals surface area contributed by atoms with Gasteiger partial charge in [-0.3, -0.25) is 14.7 Å². The number of rotatable bonds is 2. The fraction of sp³-hybridized carbons (Fsp3) is 0.211. The zero-order chi connectivity index (χ0) is 26.7. The van der Waals surface area contributed by atoms with Gasteiger partial charge in [0.15, 0.2) is 11.9 Å². The summed E-state index contributed by atoms with van der Waals surface area (Å²) < 4.78 is 121. The molecule has 0 saturated carbocycles. The molecule has 0 radical (unpaired) electrons. The summed E-state index contributed by atoms with van der Waals surface area (Å²) in [6, 6.07) is 4.49. The van der Waals surface area contributed by atoms with Crippen molar-refractivity contribution >= 4 is 50.7 Å². The number of carbonyl (C=O) groups is 1. The van der Waals surface area contributed by atoms with Crippen molar-refractivity contribution < 1.29 is 44.3 Å². The number of hydrogen-bond donors (Lipinski definition) is 1. The Kier molecular flexibility index (Phi) is 7.09. The Labute approximate surface area is 208 Å². The number of hydrazine groups is 1. The molecule has 0 bridgehead atoms. The van der Waals surface area contributed by atoms with E-state index >= 15 is 0 Å². The molecule has 1 unspecified atom stereocenters. The number of benzene rings is 2. The number of halogens is 12. The molecule has 2 aromatic rings. The molecule has 2 aromatic carbocycles. The minimum Gasteiger partial charge on any atom is -0.281 e. The molecule has 35 heavy (non-hydrogen) atoms. The minimum absolute atomic E-state index is 0.108. The molecule has 190 valence electrons. The normalized spacial score (nSPS) is 18.0. The molecule has 1 heterocycles. The molecule has 16 heteroatoms. The van der Waals surface area contributed by atoms with Crippen LogP contribution in [0.5, 0.6) is 0 Å². The topological polar surface area (TPSA) is 49.6 Å². The van der Waals surface area contributed by atoms with Crippen LogP contribution in [0.15, 0.2) is 51.6 Å². The van der Waals surface area contributed by atoms with Gasteiger partial charge in [-0.05, 0) is 52.3 Å². The van der Waals surface area contributed by atoms with Gasteiger partial charge in [-0.1, -0.05) is 23.2 Å². The van der Waals surface area contributed by atoms with Gasteiger partial charge >= 0.3 is 18.5 Å². The van der Waals surface area contributed by atoms with Crippen LogP contribution in [0.1, 0.15) is 22.9 Å². The van der Waals surface area contributed by atoms with Gasteiger partial charge in [0.1, 0.15) is 5.03 Å². The molecule has 4 nitrogen and oxygen atoms in total. The first-order chi connectivity index (χ1) is 15.9. The summed E-state index contributed by atoms with van der Waals surface area (Å²) in [5, 5.41) is -1.56. The molecule has 0 spiro atoms. The number of allylic oxidation sites excluding steroid dienone is 1. The van der Waals surface area contributed by atoms with E-state index in [0.29, 0.717) is 4.90 Å². The lowest BCUT2D eigenvalue weighted by Gasteiger charge is -2.44. The van der Waals surface area contributed by atoms with Gasteiger partial charge in [0, 0.05) is 20.7 Å². The molecule has 1 aliphatic rings. The first kappa shape index (κ1) is 27.4. The lowest BCUT2D eigenvalue weighted by molar-refractivity contribution is -0.143. The van der Waals surface area contributed by atoms with E-state index in [0.717, 1.165) is 12.1 Å². The van der Waals surface area contributed by atoms with Crippen LogP contribution in [0.2, 0.25) is 5.02 Å². The average molecular weight is 617 g/mol. The summed E-state index contributed by atoms with van der Waals surface area (Å²) in [5.41, 5.74) is -6.96. The Morgan fingerprint density at radius 3 is 1.86 bits per heavy atom. The first-order valence-electron chi connectivity index (χ1n) is 8.93. The number of carbonyl (C=O) groups excluding carboxylic acids is 1. The van der Waals surface area contributed by atoms with Crippen molar-refractivity contribution in [1.82, 2.24) is 5.01 Å². The molecule has 0 fully saturated rings. The summed E-state index contributed by atoms with van der Waals surface area (Å²) >= 11 is 13.9. The summed E-state index contributed by atoms with van der Waals surface area (Å²) in [4.78, 5) is 13.4. The molecule has 0 aliphatic carbocycles. The van der Waals surface area contributed by atoms with Gasteiger partial charge in [-0.2, -0.15) is 39.5 Å². The van der Waals surface area contributed by atoms with Gasteiger partial charge in [0.05, 0.1) is 11.1 Å². The lowest BCUT2D eigenvalue weighted by atomic mass is 9.99. The van der Waals surface area contributed by atoms with E-state index in [2.05, 4.69) is 15.9 Å². The predicted octanol–water partition coefficient (Wildman–Crippen LogP) is 7.37. The third kappa shape index (κ3) is 5.20. The maximum atomic E-state index is 13.7. The molecule has 3 rings (SSSR count). The highest BCUT2D eigenvalue weighted by Gasteiger charge is 2.51. The summed E-state index contributed by atoms with van der Waals surface area (Å²) in [6.07, 6.45) is -18.4. The number of anilines is 1. The van der Waals surface area contributed by atoms with Gasteiger partial charge in [-0.25, -0.2) is 5.84 Å². The standard InChI is InChI=1S/C19H9BrCl2F9N3O/c20-12-10(5-7(17(23,24)25)6-11(12)18(26,27)28)15-33(9-3-1-8(21)2-4-9)16(35)13(22)14(34(15)32)19(29,30)31/h1-6,15H,32H2. The van der Waals surface area contributed by atoms with Crippen molar-refractivity contribution in [2.45, 2.75) is 24.7 Å². The molecule has 1 amide bonds. The maximum absolute atomic E-state index is 13.7. The SMILES string of the molecule is NN1C(C(F)(F)F)=C(Cl)C(=O)N(c2ccc(Cl)cc2)C1c1cc(C(F)(F)F)cc(C(F)(F)F)c1Br. The Hall–Kier alpha value is -2.16. The van der Waals surface area contributed by atoms with Crippen molar-refractivity contribution in [1.29, 1.82) is 0 Å². The van der Waals surface area contributed by atoms with E-state index < -0.39 is 62.5 Å². The number of hydrogen-bond acceptors (Lipinski definition) is 3. The van der Waals surface area contributed by atoms with Crippen molar-refractivity contribution in [3.8, 4) is 0 Å². The molecule has 1 aliphatic heterocycles. The zero-order valence-electron chi connectivity index (χ0n) is 16.5. The number of alkyl halides is 9. The van der Waals surface area contributed by atoms with Crippen LogP contribution in [-0.4, -0.2) is 17.1 Å². The van der Waals surface area contributed by atoms with E-state index in [1.165, 1.54) is 12.1 Å². The fourth-order valence-electron chi connectivity index (χ4n) is 3.30. The number of nitrogens with zero attached hydrogens (tertiary/aromatic N) is 2. The highest BCUT2D eigenvalue weighted by atomic mass is 79.9. The molecule has 2 N–H and O–H groups in total. The van der Waals surface area contributed by atoms with Gasteiger partial charge in [-0.15, -0.1) is 0 Å². The predicted molar refractivity (Wildman–Crippen MR) is 111 cm³/mol. The largest absolute Gasteiger partial charge is 0.434 e. The van der Waals surface area contributed by atoms with E-state index in [9.17, 15) is 44.3 Å². The van der Waals surface area contributed by atoms with E-state index in [1.807, 2.05) is 0 Å². The van der Waals surface area contributed by atoms with Crippen molar-refractivity contribution in [3.63, 3.8) is 0 Å². The molecular weight excluding hydrogens is 608 g/mol. The van der Waals surface area contributed by atoms with Crippen LogP contribution >= 0.6 is 39.1 Å². The van der Waals surface area contributed by atoms with Crippen LogP contribution in [0.25, 0.3) is 0 Å². The second-order valence-electron chi connectivity index (χ2n) is 7.02. The van der Waals surface area contributed by atoms with Crippen molar-refractivity contribution in [3.05, 3.63) is 73.3 Å². The first-order valence-corrected chi connectivity index (χ1v) is 10.5.